The Kier molecular flexibility index (Phi) is 3.97. The number of aliphatic hydroxyl groups is 1. The molecule has 2 N–H and O–H groups in total. The van der Waals surface area contributed by atoms with Gasteiger partial charge in [0.25, 0.3) is 0 Å². The van der Waals surface area contributed by atoms with E-state index >= 15 is 0 Å². The molecule has 1 saturated heterocycles. The van der Waals surface area contributed by atoms with Crippen LogP contribution in [0.15, 0.2) is 18.2 Å². The Morgan fingerprint density at radius 1 is 1.44 bits per heavy atom. The van der Waals surface area contributed by atoms with Gasteiger partial charge >= 0.3 is 0 Å². The molecule has 0 aromatic heterocycles. The zero-order chi connectivity index (χ0) is 13.2. The molecule has 4 heteroatoms. The third kappa shape index (κ3) is 2.87. The van der Waals surface area contributed by atoms with E-state index in [-0.39, 0.29) is 17.9 Å². The Bertz CT molecular complexity index is 414. The third-order valence-electron chi connectivity index (χ3n) is 3.76. The monoisotopic (exact) mass is 255 g/mol. The zero-order valence-corrected chi connectivity index (χ0v) is 10.5. The Labute approximate surface area is 106 Å². The van der Waals surface area contributed by atoms with Crippen LogP contribution in [0.5, 0.6) is 0 Å². The molecule has 1 heterocycles. The van der Waals surface area contributed by atoms with Gasteiger partial charge in [0.1, 0.15) is 0 Å². The second kappa shape index (κ2) is 5.33. The van der Waals surface area contributed by atoms with Crippen LogP contribution in [0.2, 0.25) is 0 Å². The standard InChI is InChI=1S/C14H19F2NO/c1-14(18,11-5-3-7-17-9-11)8-10-4-2-6-12(15)13(10)16/h2,4,6,11,17-18H,3,5,7-9H2,1H3. The van der Waals surface area contributed by atoms with Crippen molar-refractivity contribution in [3.05, 3.63) is 35.4 Å². The van der Waals surface area contributed by atoms with Crippen LogP contribution in [0.25, 0.3) is 0 Å². The second-order valence-corrected chi connectivity index (χ2v) is 5.29. The summed E-state index contributed by atoms with van der Waals surface area (Å²) in [6.07, 6.45) is 2.06. The summed E-state index contributed by atoms with van der Waals surface area (Å²) in [4.78, 5) is 0. The Balaban J connectivity index is 2.13. The van der Waals surface area contributed by atoms with E-state index in [1.165, 1.54) is 12.1 Å². The van der Waals surface area contributed by atoms with Crippen LogP contribution in [0, 0.1) is 17.6 Å². The highest BCUT2D eigenvalue weighted by atomic mass is 19.2. The molecule has 1 aliphatic heterocycles. The van der Waals surface area contributed by atoms with Gasteiger partial charge in [-0.2, -0.15) is 0 Å². The van der Waals surface area contributed by atoms with Gasteiger partial charge in [0.2, 0.25) is 0 Å². The molecule has 0 aliphatic carbocycles. The molecule has 0 spiro atoms. The molecular weight excluding hydrogens is 236 g/mol. The molecule has 2 unspecified atom stereocenters. The van der Waals surface area contributed by atoms with Gasteiger partial charge in [-0.25, -0.2) is 8.78 Å². The van der Waals surface area contributed by atoms with Crippen molar-refractivity contribution in [3.8, 4) is 0 Å². The normalized spacial score (nSPS) is 23.7. The van der Waals surface area contributed by atoms with Gasteiger partial charge in [0.15, 0.2) is 11.6 Å². The number of hydrogen-bond donors (Lipinski definition) is 2. The maximum atomic E-state index is 13.6. The molecule has 1 aliphatic rings. The molecule has 18 heavy (non-hydrogen) atoms. The fourth-order valence-electron chi connectivity index (χ4n) is 2.60. The topological polar surface area (TPSA) is 32.3 Å². The molecule has 0 bridgehead atoms. The van der Waals surface area contributed by atoms with E-state index in [9.17, 15) is 13.9 Å². The number of halogens is 2. The number of nitrogens with one attached hydrogen (secondary N) is 1. The molecule has 0 amide bonds. The van der Waals surface area contributed by atoms with Crippen molar-refractivity contribution in [3.63, 3.8) is 0 Å². The summed E-state index contributed by atoms with van der Waals surface area (Å²) in [6.45, 7) is 3.39. The summed E-state index contributed by atoms with van der Waals surface area (Å²) >= 11 is 0. The molecule has 2 rings (SSSR count). The van der Waals surface area contributed by atoms with Crippen molar-refractivity contribution < 1.29 is 13.9 Å². The first-order valence-electron chi connectivity index (χ1n) is 6.36. The highest BCUT2D eigenvalue weighted by molar-refractivity contribution is 5.21. The molecule has 2 nitrogen and oxygen atoms in total. The first-order chi connectivity index (χ1) is 8.50. The van der Waals surface area contributed by atoms with E-state index in [2.05, 4.69) is 5.32 Å². The van der Waals surface area contributed by atoms with Gasteiger partial charge < -0.3 is 10.4 Å². The zero-order valence-electron chi connectivity index (χ0n) is 10.5. The second-order valence-electron chi connectivity index (χ2n) is 5.29. The van der Waals surface area contributed by atoms with Crippen molar-refractivity contribution in [1.82, 2.24) is 5.32 Å². The van der Waals surface area contributed by atoms with E-state index in [0.29, 0.717) is 0 Å². The SMILES string of the molecule is CC(O)(Cc1cccc(F)c1F)C1CCCNC1. The number of piperidine rings is 1. The molecule has 0 radical (unpaired) electrons. The molecule has 0 saturated carbocycles. The molecular formula is C14H19F2NO. The highest BCUT2D eigenvalue weighted by Crippen LogP contribution is 2.28. The Hall–Kier alpha value is -1.00. The smallest absolute Gasteiger partial charge is 0.162 e. The van der Waals surface area contributed by atoms with Gasteiger partial charge in [0, 0.05) is 18.9 Å². The van der Waals surface area contributed by atoms with Crippen LogP contribution >= 0.6 is 0 Å². The van der Waals surface area contributed by atoms with Gasteiger partial charge in [-0.05, 0) is 37.9 Å². The number of benzene rings is 1. The van der Waals surface area contributed by atoms with E-state index in [4.69, 9.17) is 0 Å². The number of hydrogen-bond acceptors (Lipinski definition) is 2. The summed E-state index contributed by atoms with van der Waals surface area (Å²) in [7, 11) is 0. The summed E-state index contributed by atoms with van der Waals surface area (Å²) in [6, 6.07) is 4.10. The van der Waals surface area contributed by atoms with Crippen LogP contribution in [0.1, 0.15) is 25.3 Å². The fourth-order valence-corrected chi connectivity index (χ4v) is 2.60. The minimum absolute atomic E-state index is 0.0777. The summed E-state index contributed by atoms with van der Waals surface area (Å²) < 4.78 is 26.7. The lowest BCUT2D eigenvalue weighted by atomic mass is 9.79. The average molecular weight is 255 g/mol. The van der Waals surface area contributed by atoms with Crippen LogP contribution < -0.4 is 5.32 Å². The molecule has 1 fully saturated rings. The predicted molar refractivity (Wildman–Crippen MR) is 66.3 cm³/mol. The van der Waals surface area contributed by atoms with Crippen LogP contribution in [0.4, 0.5) is 8.78 Å². The van der Waals surface area contributed by atoms with Crippen molar-refractivity contribution in [2.75, 3.05) is 13.1 Å². The summed E-state index contributed by atoms with van der Waals surface area (Å²) in [5, 5.41) is 13.7. The maximum absolute atomic E-state index is 13.6. The molecule has 2 atom stereocenters. The Morgan fingerprint density at radius 2 is 2.22 bits per heavy atom. The summed E-state index contributed by atoms with van der Waals surface area (Å²) in [5.41, 5.74) is -0.771. The maximum Gasteiger partial charge on any atom is 0.162 e. The first kappa shape index (κ1) is 13.4. The van der Waals surface area contributed by atoms with Crippen LogP contribution in [-0.4, -0.2) is 23.8 Å². The average Bonchev–Trinajstić information content (AvgIpc) is 2.36. The first-order valence-corrected chi connectivity index (χ1v) is 6.36. The fraction of sp³-hybridized carbons (Fsp3) is 0.571. The molecule has 100 valence electrons. The minimum atomic E-state index is -1.01. The third-order valence-corrected chi connectivity index (χ3v) is 3.76. The summed E-state index contributed by atoms with van der Waals surface area (Å²) in [5.74, 6) is -1.62. The molecule has 1 aromatic rings. The van der Waals surface area contributed by atoms with Gasteiger partial charge in [-0.1, -0.05) is 12.1 Å². The lowest BCUT2D eigenvalue weighted by Gasteiger charge is -2.36. The number of rotatable bonds is 3. The highest BCUT2D eigenvalue weighted by Gasteiger charge is 2.33. The van der Waals surface area contributed by atoms with Crippen molar-refractivity contribution >= 4 is 0 Å². The quantitative estimate of drug-likeness (QED) is 0.868. The van der Waals surface area contributed by atoms with Gasteiger partial charge in [0.05, 0.1) is 5.60 Å². The van der Waals surface area contributed by atoms with E-state index < -0.39 is 17.2 Å². The van der Waals surface area contributed by atoms with Gasteiger partial charge in [-0.3, -0.25) is 0 Å². The van der Waals surface area contributed by atoms with E-state index in [0.717, 1.165) is 32.0 Å². The van der Waals surface area contributed by atoms with Crippen molar-refractivity contribution in [2.45, 2.75) is 31.8 Å². The van der Waals surface area contributed by atoms with Crippen LogP contribution in [0.3, 0.4) is 0 Å². The van der Waals surface area contributed by atoms with Gasteiger partial charge in [-0.15, -0.1) is 0 Å². The Morgan fingerprint density at radius 3 is 2.89 bits per heavy atom. The minimum Gasteiger partial charge on any atom is -0.389 e. The molecule has 1 aromatic carbocycles. The van der Waals surface area contributed by atoms with Crippen molar-refractivity contribution in [1.29, 1.82) is 0 Å². The van der Waals surface area contributed by atoms with Crippen LogP contribution in [-0.2, 0) is 6.42 Å². The predicted octanol–water partition coefficient (Wildman–Crippen LogP) is 2.26. The largest absolute Gasteiger partial charge is 0.389 e. The lowest BCUT2D eigenvalue weighted by molar-refractivity contribution is -0.0109. The lowest BCUT2D eigenvalue weighted by Crippen LogP contribution is -2.45. The van der Waals surface area contributed by atoms with Crippen molar-refractivity contribution in [2.24, 2.45) is 5.92 Å². The van der Waals surface area contributed by atoms with E-state index in [1.54, 1.807) is 6.92 Å². The van der Waals surface area contributed by atoms with E-state index in [1.807, 2.05) is 0 Å².